The minimum absolute atomic E-state index is 0. The van der Waals surface area contributed by atoms with E-state index in [1.165, 1.54) is 31.7 Å². The molecule has 0 bridgehead atoms. The van der Waals surface area contributed by atoms with Gasteiger partial charge >= 0.3 is 29.6 Å². The van der Waals surface area contributed by atoms with Crippen molar-refractivity contribution in [2.24, 2.45) is 0 Å². The van der Waals surface area contributed by atoms with Crippen LogP contribution in [0.3, 0.4) is 0 Å². The van der Waals surface area contributed by atoms with Crippen LogP contribution in [0.5, 0.6) is 17.2 Å². The van der Waals surface area contributed by atoms with Crippen molar-refractivity contribution >= 4 is 10.1 Å². The molecule has 0 aliphatic rings. The van der Waals surface area contributed by atoms with Gasteiger partial charge in [-0.25, -0.2) is 0 Å². The van der Waals surface area contributed by atoms with Crippen LogP contribution >= 0.6 is 0 Å². The summed E-state index contributed by atoms with van der Waals surface area (Å²) >= 11 is 0. The minimum atomic E-state index is -4.63. The number of ether oxygens (including phenoxy) is 1. The Kier molecular flexibility index (Phi) is 11.9. The topological polar surface area (TPSA) is 86.7 Å². The number of hydrogen-bond acceptors (Lipinski definition) is 4. The molecule has 0 heterocycles. The van der Waals surface area contributed by atoms with Gasteiger partial charge in [0.15, 0.2) is 0 Å². The molecular formula is C22H29NaO5S. The van der Waals surface area contributed by atoms with Gasteiger partial charge in [0, 0.05) is 5.56 Å². The third-order valence-electron chi connectivity index (χ3n) is 4.69. The molecule has 0 unspecified atom stereocenters. The Bertz CT molecular complexity index is 838. The predicted octanol–water partition coefficient (Wildman–Crippen LogP) is 2.49. The monoisotopic (exact) mass is 428 g/mol. The van der Waals surface area contributed by atoms with E-state index in [2.05, 4.69) is 6.92 Å². The van der Waals surface area contributed by atoms with Crippen molar-refractivity contribution < 1.29 is 52.4 Å². The summed E-state index contributed by atoms with van der Waals surface area (Å²) in [6, 6.07) is 11.6. The molecule has 0 saturated carbocycles. The third kappa shape index (κ3) is 8.69. The SMILES string of the molecule is CCCCCCCCCCc1c(Oc2ccccc2)ccc([O-])c1S(=O)(=O)O.[Na+]. The fraction of sp³-hybridized carbons (Fsp3) is 0.455. The predicted molar refractivity (Wildman–Crippen MR) is 109 cm³/mol. The molecule has 7 heteroatoms. The Morgan fingerprint density at radius 2 is 1.48 bits per heavy atom. The fourth-order valence-electron chi connectivity index (χ4n) is 3.25. The van der Waals surface area contributed by atoms with E-state index in [0.29, 0.717) is 17.9 Å². The molecule has 0 radical (unpaired) electrons. The number of hydrogen-bond donors (Lipinski definition) is 1. The number of rotatable bonds is 12. The zero-order valence-electron chi connectivity index (χ0n) is 17.4. The minimum Gasteiger partial charge on any atom is -0.872 e. The first kappa shape index (κ1) is 26.0. The van der Waals surface area contributed by atoms with Gasteiger partial charge < -0.3 is 9.84 Å². The quantitative estimate of drug-likeness (QED) is 0.319. The first-order chi connectivity index (χ1) is 13.4. The van der Waals surface area contributed by atoms with Gasteiger partial charge in [-0.2, -0.15) is 8.42 Å². The van der Waals surface area contributed by atoms with E-state index in [9.17, 15) is 18.1 Å². The van der Waals surface area contributed by atoms with Gasteiger partial charge in [0.05, 0.1) is 4.90 Å². The van der Waals surface area contributed by atoms with Crippen molar-refractivity contribution in [3.05, 3.63) is 48.0 Å². The van der Waals surface area contributed by atoms with Crippen molar-refractivity contribution in [1.82, 2.24) is 0 Å². The smallest absolute Gasteiger partial charge is 0.872 e. The van der Waals surface area contributed by atoms with Gasteiger partial charge in [0.1, 0.15) is 11.5 Å². The molecular weight excluding hydrogens is 399 g/mol. The van der Waals surface area contributed by atoms with Gasteiger partial charge in [0.2, 0.25) is 0 Å². The molecule has 2 rings (SSSR count). The Balaban J connectivity index is 0.00000420. The molecule has 0 amide bonds. The Morgan fingerprint density at radius 3 is 2.07 bits per heavy atom. The van der Waals surface area contributed by atoms with Crippen LogP contribution in [-0.2, 0) is 16.5 Å². The van der Waals surface area contributed by atoms with Crippen molar-refractivity contribution in [3.63, 3.8) is 0 Å². The van der Waals surface area contributed by atoms with Crippen LogP contribution in [0.2, 0.25) is 0 Å². The first-order valence-electron chi connectivity index (χ1n) is 9.96. The van der Waals surface area contributed by atoms with Crippen LogP contribution in [0.4, 0.5) is 0 Å². The summed E-state index contributed by atoms with van der Waals surface area (Å²) in [5, 5.41) is 12.1. The molecule has 5 nitrogen and oxygen atoms in total. The second-order valence-corrected chi connectivity index (χ2v) is 8.34. The first-order valence-corrected chi connectivity index (χ1v) is 11.4. The Labute approximate surface area is 196 Å². The zero-order valence-corrected chi connectivity index (χ0v) is 20.2. The number of benzene rings is 2. The number of unbranched alkanes of at least 4 members (excludes halogenated alkanes) is 7. The van der Waals surface area contributed by atoms with Crippen LogP contribution in [-0.4, -0.2) is 13.0 Å². The average molecular weight is 429 g/mol. The molecule has 1 N–H and O–H groups in total. The summed E-state index contributed by atoms with van der Waals surface area (Å²) < 4.78 is 39.0. The van der Waals surface area contributed by atoms with Crippen LogP contribution < -0.4 is 39.4 Å². The van der Waals surface area contributed by atoms with E-state index < -0.39 is 20.8 Å². The van der Waals surface area contributed by atoms with E-state index in [-0.39, 0.29) is 35.1 Å². The van der Waals surface area contributed by atoms with Crippen molar-refractivity contribution in [2.75, 3.05) is 0 Å². The van der Waals surface area contributed by atoms with Crippen molar-refractivity contribution in [3.8, 4) is 17.2 Å². The third-order valence-corrected chi connectivity index (χ3v) is 5.65. The van der Waals surface area contributed by atoms with Crippen molar-refractivity contribution in [1.29, 1.82) is 0 Å². The maximum atomic E-state index is 12.1. The van der Waals surface area contributed by atoms with Gasteiger partial charge in [-0.05, 0) is 31.0 Å². The maximum absolute atomic E-state index is 12.1. The Hall–Kier alpha value is -1.05. The summed E-state index contributed by atoms with van der Waals surface area (Å²) in [6.45, 7) is 2.19. The average Bonchev–Trinajstić information content (AvgIpc) is 2.65. The van der Waals surface area contributed by atoms with Gasteiger partial charge in [-0.1, -0.05) is 81.9 Å². The molecule has 0 saturated heterocycles. The van der Waals surface area contributed by atoms with E-state index in [4.69, 9.17) is 4.74 Å². The molecule has 2 aromatic rings. The van der Waals surface area contributed by atoms with E-state index in [1.807, 2.05) is 6.07 Å². The molecule has 0 aliphatic heterocycles. The standard InChI is InChI=1S/C22H30O5S.Na/c1-2-3-4-5-6-7-8-12-15-19-21(27-18-13-10-9-11-14-18)17-16-20(23)22(19)28(24,25)26;/h9-11,13-14,16-17,23H,2-8,12,15H2,1H3,(H,24,25,26);/q;+1/p-1. The normalized spacial score (nSPS) is 11.1. The van der Waals surface area contributed by atoms with Crippen LogP contribution in [0.1, 0.15) is 63.9 Å². The molecule has 0 aliphatic carbocycles. The van der Waals surface area contributed by atoms with Gasteiger partial charge in [-0.3, -0.25) is 4.55 Å². The van der Waals surface area contributed by atoms with Crippen LogP contribution in [0.25, 0.3) is 0 Å². The fourth-order valence-corrected chi connectivity index (χ4v) is 4.09. The maximum Gasteiger partial charge on any atom is 1.00 e. The molecule has 2 aromatic carbocycles. The van der Waals surface area contributed by atoms with Gasteiger partial charge in [0.25, 0.3) is 10.1 Å². The summed E-state index contributed by atoms with van der Waals surface area (Å²) in [5.41, 5.74) is 0.254. The van der Waals surface area contributed by atoms with Crippen LogP contribution in [0.15, 0.2) is 47.4 Å². The molecule has 0 fully saturated rings. The summed E-state index contributed by atoms with van der Waals surface area (Å²) in [4.78, 5) is -0.566. The molecule has 0 spiro atoms. The van der Waals surface area contributed by atoms with Crippen molar-refractivity contribution in [2.45, 2.75) is 69.6 Å². The second-order valence-electron chi connectivity index (χ2n) is 6.98. The molecule has 29 heavy (non-hydrogen) atoms. The van der Waals surface area contributed by atoms with E-state index in [1.54, 1.807) is 24.3 Å². The zero-order chi connectivity index (χ0) is 20.4. The molecule has 0 atom stereocenters. The molecule has 154 valence electrons. The summed E-state index contributed by atoms with van der Waals surface area (Å²) in [7, 11) is -4.63. The number of para-hydroxylation sites is 1. The van der Waals surface area contributed by atoms with E-state index >= 15 is 0 Å². The summed E-state index contributed by atoms with van der Waals surface area (Å²) in [5.74, 6) is 0.124. The van der Waals surface area contributed by atoms with E-state index in [0.717, 1.165) is 31.7 Å². The van der Waals surface area contributed by atoms with Gasteiger partial charge in [-0.15, -0.1) is 0 Å². The molecule has 0 aromatic heterocycles. The van der Waals surface area contributed by atoms with Crippen LogP contribution in [0, 0.1) is 0 Å². The second kappa shape index (κ2) is 13.3. The summed E-state index contributed by atoms with van der Waals surface area (Å²) in [6.07, 6.45) is 9.18. The Morgan fingerprint density at radius 1 is 0.897 bits per heavy atom. The largest absolute Gasteiger partial charge is 1.00 e.